The molecule has 0 amide bonds. The van der Waals surface area contributed by atoms with Gasteiger partial charge >= 0.3 is 0 Å². The van der Waals surface area contributed by atoms with Gasteiger partial charge in [-0.05, 0) is 40.6 Å². The van der Waals surface area contributed by atoms with Gasteiger partial charge in [0.15, 0.2) is 5.78 Å². The van der Waals surface area contributed by atoms with Crippen molar-refractivity contribution < 1.29 is 4.79 Å². The molecule has 0 aliphatic heterocycles. The average Bonchev–Trinajstić information content (AvgIpc) is 2.41. The van der Waals surface area contributed by atoms with E-state index in [4.69, 9.17) is 0 Å². The molecule has 2 heteroatoms. The molecule has 2 aromatic carbocycles. The second kappa shape index (κ2) is 5.87. The van der Waals surface area contributed by atoms with Gasteiger partial charge in [0.2, 0.25) is 0 Å². The lowest BCUT2D eigenvalue weighted by Crippen LogP contribution is -2.27. The first-order valence-electron chi connectivity index (χ1n) is 6.34. The Morgan fingerprint density at radius 1 is 1.00 bits per heavy atom. The Balaban J connectivity index is 2.24. The minimum atomic E-state index is -0.386. The molecule has 0 saturated carbocycles. The summed E-state index contributed by atoms with van der Waals surface area (Å²) >= 11 is 2.33. The van der Waals surface area contributed by atoms with Crippen LogP contribution < -0.4 is 0 Å². The molecule has 0 aliphatic carbocycles. The van der Waals surface area contributed by atoms with E-state index in [1.165, 1.54) is 9.13 Å². The number of carbonyl (C=O) groups excluding carboxylic acids is 1. The lowest BCUT2D eigenvalue weighted by molar-refractivity contribution is 0.0837. The van der Waals surface area contributed by atoms with E-state index in [2.05, 4.69) is 34.7 Å². The van der Waals surface area contributed by atoms with Gasteiger partial charge in [-0.3, -0.25) is 4.79 Å². The highest BCUT2D eigenvalue weighted by Crippen LogP contribution is 2.28. The van der Waals surface area contributed by atoms with E-state index >= 15 is 0 Å². The Morgan fingerprint density at radius 2 is 1.58 bits per heavy atom. The van der Waals surface area contributed by atoms with E-state index < -0.39 is 0 Å². The summed E-state index contributed by atoms with van der Waals surface area (Å²) in [6, 6.07) is 17.8. The Labute approximate surface area is 128 Å². The number of carbonyl (C=O) groups is 1. The van der Waals surface area contributed by atoms with Crippen molar-refractivity contribution >= 4 is 28.4 Å². The third-order valence-electron chi connectivity index (χ3n) is 3.24. The van der Waals surface area contributed by atoms with Crippen molar-refractivity contribution in [2.75, 3.05) is 0 Å². The van der Waals surface area contributed by atoms with Crippen LogP contribution in [0, 0.1) is 8.99 Å². The van der Waals surface area contributed by atoms with E-state index in [9.17, 15) is 4.79 Å². The number of benzene rings is 2. The summed E-state index contributed by atoms with van der Waals surface area (Å²) in [7, 11) is 0. The van der Waals surface area contributed by atoms with Gasteiger partial charge in [0.25, 0.3) is 0 Å². The lowest BCUT2D eigenvalue weighted by Gasteiger charge is -2.24. The zero-order valence-corrected chi connectivity index (χ0v) is 13.3. The minimum absolute atomic E-state index is 0.202. The monoisotopic (exact) mass is 364 g/mol. The van der Waals surface area contributed by atoms with Gasteiger partial charge < -0.3 is 0 Å². The van der Waals surface area contributed by atoms with Crippen LogP contribution in [0.5, 0.6) is 0 Å². The molecule has 2 rings (SSSR count). The van der Waals surface area contributed by atoms with Crippen LogP contribution in [-0.4, -0.2) is 5.78 Å². The smallest absolute Gasteiger partial charge is 0.168 e. The summed E-state index contributed by atoms with van der Waals surface area (Å²) in [4.78, 5) is 12.6. The maximum atomic E-state index is 12.6. The van der Waals surface area contributed by atoms with E-state index in [1.54, 1.807) is 0 Å². The number of ketones is 1. The number of halogens is 1. The van der Waals surface area contributed by atoms with Gasteiger partial charge in [0.1, 0.15) is 0 Å². The molecule has 0 spiro atoms. The molecule has 19 heavy (non-hydrogen) atoms. The molecule has 2 aromatic rings. The summed E-state index contributed by atoms with van der Waals surface area (Å²) in [5.74, 6) is 0.202. The Hall–Kier alpha value is -1.16. The fourth-order valence-corrected chi connectivity index (χ4v) is 2.76. The molecule has 0 heterocycles. The molecule has 0 unspecified atom stereocenters. The van der Waals surface area contributed by atoms with Crippen LogP contribution in [0.15, 0.2) is 54.6 Å². The summed E-state index contributed by atoms with van der Waals surface area (Å²) in [6.45, 7) is 4.04. The van der Waals surface area contributed by atoms with Gasteiger partial charge in [-0.2, -0.15) is 0 Å². The van der Waals surface area contributed by atoms with Crippen molar-refractivity contribution in [2.45, 2.75) is 20.3 Å². The van der Waals surface area contributed by atoms with Crippen LogP contribution >= 0.6 is 22.6 Å². The summed E-state index contributed by atoms with van der Waals surface area (Å²) in [5, 5.41) is 0. The second-order valence-electron chi connectivity index (χ2n) is 5.35. The van der Waals surface area contributed by atoms with Gasteiger partial charge in [0, 0.05) is 14.5 Å². The van der Waals surface area contributed by atoms with Crippen LogP contribution in [0.3, 0.4) is 0 Å². The van der Waals surface area contributed by atoms with Crippen LogP contribution in [0.25, 0.3) is 0 Å². The Kier molecular flexibility index (Phi) is 4.40. The molecule has 0 radical (unpaired) electrons. The predicted molar refractivity (Wildman–Crippen MR) is 87.4 cm³/mol. The molecule has 0 fully saturated rings. The molecule has 0 N–H and O–H groups in total. The van der Waals surface area contributed by atoms with Gasteiger partial charge in [0.05, 0.1) is 0 Å². The molecule has 0 atom stereocenters. The average molecular weight is 364 g/mol. The first kappa shape index (κ1) is 14.3. The Bertz CT molecular complexity index is 573. The first-order valence-corrected chi connectivity index (χ1v) is 7.42. The normalized spacial score (nSPS) is 11.3. The van der Waals surface area contributed by atoms with Gasteiger partial charge in [-0.1, -0.05) is 62.4 Å². The number of Topliss-reactive ketones (excluding diaryl/α,β-unsaturated/α-hetero) is 1. The highest BCUT2D eigenvalue weighted by molar-refractivity contribution is 14.1. The molecule has 0 aromatic heterocycles. The lowest BCUT2D eigenvalue weighted by atomic mass is 9.79. The fraction of sp³-hybridized carbons (Fsp3) is 0.235. The maximum Gasteiger partial charge on any atom is 0.168 e. The first-order chi connectivity index (χ1) is 9.00. The van der Waals surface area contributed by atoms with E-state index in [0.29, 0.717) is 0 Å². The van der Waals surface area contributed by atoms with Crippen molar-refractivity contribution in [3.05, 3.63) is 69.3 Å². The van der Waals surface area contributed by atoms with E-state index in [-0.39, 0.29) is 11.2 Å². The van der Waals surface area contributed by atoms with Crippen molar-refractivity contribution in [1.82, 2.24) is 0 Å². The highest BCUT2D eigenvalue weighted by Gasteiger charge is 2.29. The number of rotatable bonds is 4. The van der Waals surface area contributed by atoms with Gasteiger partial charge in [-0.25, -0.2) is 0 Å². The molecular weight excluding hydrogens is 347 g/mol. The van der Waals surface area contributed by atoms with Crippen LogP contribution in [0.4, 0.5) is 0 Å². The molecule has 0 saturated heterocycles. The van der Waals surface area contributed by atoms with Crippen molar-refractivity contribution in [3.63, 3.8) is 0 Å². The standard InChI is InChI=1S/C17H17IO/c1-17(2,12-14-10-6-7-11-15(14)18)16(19)13-8-4-3-5-9-13/h3-11H,12H2,1-2H3. The van der Waals surface area contributed by atoms with Crippen molar-refractivity contribution in [3.8, 4) is 0 Å². The fourth-order valence-electron chi connectivity index (χ4n) is 2.18. The molecule has 98 valence electrons. The molecule has 0 aliphatic rings. The summed E-state index contributed by atoms with van der Waals surface area (Å²) in [5.41, 5.74) is 1.64. The highest BCUT2D eigenvalue weighted by atomic mass is 127. The van der Waals surface area contributed by atoms with Crippen LogP contribution in [0.2, 0.25) is 0 Å². The van der Waals surface area contributed by atoms with Crippen molar-refractivity contribution in [2.24, 2.45) is 5.41 Å². The Morgan fingerprint density at radius 3 is 2.21 bits per heavy atom. The van der Waals surface area contributed by atoms with Gasteiger partial charge in [-0.15, -0.1) is 0 Å². The van der Waals surface area contributed by atoms with Crippen LogP contribution in [-0.2, 0) is 6.42 Å². The number of hydrogen-bond acceptors (Lipinski definition) is 1. The topological polar surface area (TPSA) is 17.1 Å². The zero-order valence-electron chi connectivity index (χ0n) is 11.2. The summed E-state index contributed by atoms with van der Waals surface area (Å²) in [6.07, 6.45) is 0.764. The van der Waals surface area contributed by atoms with E-state index in [0.717, 1.165) is 12.0 Å². The quantitative estimate of drug-likeness (QED) is 0.566. The predicted octanol–water partition coefficient (Wildman–Crippen LogP) is 4.74. The second-order valence-corrected chi connectivity index (χ2v) is 6.51. The SMILES string of the molecule is CC(C)(Cc1ccccc1I)C(=O)c1ccccc1. The molecule has 1 nitrogen and oxygen atoms in total. The zero-order chi connectivity index (χ0) is 13.9. The minimum Gasteiger partial charge on any atom is -0.294 e. The largest absolute Gasteiger partial charge is 0.294 e. The third kappa shape index (κ3) is 3.44. The maximum absolute atomic E-state index is 12.6. The number of hydrogen-bond donors (Lipinski definition) is 0. The third-order valence-corrected chi connectivity index (χ3v) is 4.29. The van der Waals surface area contributed by atoms with Crippen LogP contribution in [0.1, 0.15) is 29.8 Å². The van der Waals surface area contributed by atoms with Crippen molar-refractivity contribution in [1.29, 1.82) is 0 Å². The summed E-state index contributed by atoms with van der Waals surface area (Å²) < 4.78 is 1.22. The van der Waals surface area contributed by atoms with E-state index in [1.807, 2.05) is 56.3 Å². The molecular formula is C17H17IO. The molecule has 0 bridgehead atoms.